The van der Waals surface area contributed by atoms with Gasteiger partial charge in [0.1, 0.15) is 5.76 Å². The Morgan fingerprint density at radius 1 is 1.36 bits per heavy atom. The van der Waals surface area contributed by atoms with Crippen molar-refractivity contribution >= 4 is 0 Å². The number of hydrogen-bond acceptors (Lipinski definition) is 2. The molecule has 0 aromatic heterocycles. The number of aliphatic hydroxyl groups excluding tert-OH is 1. The Morgan fingerprint density at radius 3 is 3.05 bits per heavy atom. The highest BCUT2D eigenvalue weighted by molar-refractivity contribution is 5.39. The summed E-state index contributed by atoms with van der Waals surface area (Å²) < 4.78 is 0. The lowest BCUT2D eigenvalue weighted by Gasteiger charge is -2.51. The van der Waals surface area contributed by atoms with Crippen LogP contribution in [0, 0.1) is 40.4 Å². The predicted molar refractivity (Wildman–Crippen MR) is 86.8 cm³/mol. The Kier molecular flexibility index (Phi) is 3.08. The third kappa shape index (κ3) is 1.85. The summed E-state index contributed by atoms with van der Waals surface area (Å²) in [5.41, 5.74) is 2.96. The van der Waals surface area contributed by atoms with Crippen LogP contribution in [-0.2, 0) is 0 Å². The Bertz CT molecular complexity index is 660. The van der Waals surface area contributed by atoms with Crippen molar-refractivity contribution in [1.29, 1.82) is 5.26 Å². The van der Waals surface area contributed by atoms with E-state index in [1.807, 2.05) is 18.2 Å². The van der Waals surface area contributed by atoms with E-state index in [1.165, 1.54) is 30.4 Å². The summed E-state index contributed by atoms with van der Waals surface area (Å²) >= 11 is 0. The summed E-state index contributed by atoms with van der Waals surface area (Å²) in [7, 11) is 0. The van der Waals surface area contributed by atoms with Crippen molar-refractivity contribution in [1.82, 2.24) is 0 Å². The van der Waals surface area contributed by atoms with E-state index < -0.39 is 0 Å². The average molecular weight is 293 g/mol. The summed E-state index contributed by atoms with van der Waals surface area (Å²) in [5.74, 6) is 3.04. The van der Waals surface area contributed by atoms with E-state index in [1.54, 1.807) is 0 Å². The number of rotatable bonds is 0. The first-order chi connectivity index (χ1) is 10.6. The lowest BCUT2D eigenvalue weighted by Crippen LogP contribution is -2.43. The van der Waals surface area contributed by atoms with Gasteiger partial charge in [-0.25, -0.2) is 0 Å². The SMILES string of the molecule is C[C@]12CC[C@H]3[C@@H](CC=C4C=C(O)C=C[C@@H]43)[C@@H]1CCC2=CC#N. The second kappa shape index (κ2) is 4.88. The highest BCUT2D eigenvalue weighted by Crippen LogP contribution is 2.62. The molecule has 114 valence electrons. The summed E-state index contributed by atoms with van der Waals surface area (Å²) in [4.78, 5) is 0. The van der Waals surface area contributed by atoms with Crippen molar-refractivity contribution in [2.75, 3.05) is 0 Å². The van der Waals surface area contributed by atoms with Gasteiger partial charge in [-0.3, -0.25) is 0 Å². The normalized spacial score (nSPS) is 44.5. The van der Waals surface area contributed by atoms with Gasteiger partial charge in [0, 0.05) is 12.0 Å². The lowest BCUT2D eigenvalue weighted by atomic mass is 9.53. The van der Waals surface area contributed by atoms with E-state index in [0.717, 1.165) is 24.7 Å². The molecule has 0 radical (unpaired) electrons. The number of allylic oxidation sites excluding steroid dienone is 7. The standard InChI is InChI=1S/C20H23NO/c1-20-10-8-17-16-6-4-15(22)12-13(16)2-5-18(17)19(20)7-3-14(20)9-11-21/h2,4,6,9,12,16-19,22H,3,5,7-8,10H2,1H3/t16-,17+,18+,19-,20+/m0/s1. The third-order valence-electron chi connectivity index (χ3n) is 6.84. The van der Waals surface area contributed by atoms with Gasteiger partial charge in [-0.05, 0) is 73.0 Å². The molecule has 0 heterocycles. The highest BCUT2D eigenvalue weighted by atomic mass is 16.3. The van der Waals surface area contributed by atoms with Crippen LogP contribution in [0.1, 0.15) is 39.0 Å². The molecule has 2 fully saturated rings. The fourth-order valence-corrected chi connectivity index (χ4v) is 5.75. The van der Waals surface area contributed by atoms with Crippen LogP contribution in [0.5, 0.6) is 0 Å². The molecule has 0 amide bonds. The van der Waals surface area contributed by atoms with E-state index in [2.05, 4.69) is 25.1 Å². The topological polar surface area (TPSA) is 44.0 Å². The number of aliphatic hydroxyl groups is 1. The van der Waals surface area contributed by atoms with Gasteiger partial charge in [0.2, 0.25) is 0 Å². The smallest absolute Gasteiger partial charge is 0.115 e. The van der Waals surface area contributed by atoms with Gasteiger partial charge in [0.25, 0.3) is 0 Å². The molecule has 0 aliphatic heterocycles. The van der Waals surface area contributed by atoms with Crippen LogP contribution in [0.15, 0.2) is 47.3 Å². The van der Waals surface area contributed by atoms with E-state index in [0.29, 0.717) is 17.6 Å². The molecule has 0 aromatic rings. The predicted octanol–water partition coefficient (Wildman–Crippen LogP) is 4.84. The third-order valence-corrected chi connectivity index (χ3v) is 6.84. The second-order valence-electron chi connectivity index (χ2n) is 7.62. The van der Waals surface area contributed by atoms with Crippen molar-refractivity contribution in [3.05, 3.63) is 47.3 Å². The van der Waals surface area contributed by atoms with Gasteiger partial charge in [-0.1, -0.05) is 24.6 Å². The van der Waals surface area contributed by atoms with Crippen molar-refractivity contribution < 1.29 is 5.11 Å². The average Bonchev–Trinajstić information content (AvgIpc) is 2.84. The molecular formula is C20H23NO. The molecule has 0 saturated heterocycles. The summed E-state index contributed by atoms with van der Waals surface area (Å²) in [6.45, 7) is 2.39. The van der Waals surface area contributed by atoms with E-state index in [4.69, 9.17) is 5.26 Å². The maximum atomic E-state index is 9.72. The zero-order valence-electron chi connectivity index (χ0n) is 13.1. The van der Waals surface area contributed by atoms with E-state index in [9.17, 15) is 5.11 Å². The monoisotopic (exact) mass is 293 g/mol. The minimum Gasteiger partial charge on any atom is -0.508 e. The molecule has 22 heavy (non-hydrogen) atoms. The van der Waals surface area contributed by atoms with Gasteiger partial charge in [0.15, 0.2) is 0 Å². The van der Waals surface area contributed by atoms with E-state index >= 15 is 0 Å². The molecule has 5 atom stereocenters. The molecule has 2 saturated carbocycles. The number of hydrogen-bond donors (Lipinski definition) is 1. The maximum Gasteiger partial charge on any atom is 0.115 e. The van der Waals surface area contributed by atoms with Crippen LogP contribution in [0.4, 0.5) is 0 Å². The van der Waals surface area contributed by atoms with Crippen molar-refractivity contribution in [2.45, 2.75) is 39.0 Å². The first-order valence-corrected chi connectivity index (χ1v) is 8.51. The van der Waals surface area contributed by atoms with Gasteiger partial charge in [-0.15, -0.1) is 0 Å². The molecule has 4 aliphatic rings. The molecule has 2 nitrogen and oxygen atoms in total. The summed E-state index contributed by atoms with van der Waals surface area (Å²) in [6, 6.07) is 2.27. The quantitative estimate of drug-likeness (QED) is 0.650. The van der Waals surface area contributed by atoms with Gasteiger partial charge >= 0.3 is 0 Å². The molecule has 4 aliphatic carbocycles. The Balaban J connectivity index is 1.68. The minimum absolute atomic E-state index is 0.249. The van der Waals surface area contributed by atoms with Crippen LogP contribution in [0.25, 0.3) is 0 Å². The van der Waals surface area contributed by atoms with Crippen molar-refractivity contribution in [3.63, 3.8) is 0 Å². The Morgan fingerprint density at radius 2 is 2.23 bits per heavy atom. The largest absolute Gasteiger partial charge is 0.508 e. The highest BCUT2D eigenvalue weighted by Gasteiger charge is 2.53. The fraction of sp³-hybridized carbons (Fsp3) is 0.550. The van der Waals surface area contributed by atoms with Crippen molar-refractivity contribution in [2.24, 2.45) is 29.1 Å². The number of fused-ring (bicyclic) bond motifs is 5. The maximum absolute atomic E-state index is 9.72. The zero-order valence-corrected chi connectivity index (χ0v) is 13.1. The minimum atomic E-state index is 0.249. The number of nitriles is 1. The van der Waals surface area contributed by atoms with Gasteiger partial charge in [0.05, 0.1) is 6.07 Å². The van der Waals surface area contributed by atoms with Crippen LogP contribution < -0.4 is 0 Å². The first kappa shape index (κ1) is 13.9. The molecule has 0 bridgehead atoms. The van der Waals surface area contributed by atoms with Gasteiger partial charge < -0.3 is 5.11 Å². The van der Waals surface area contributed by atoms with Crippen LogP contribution in [0.2, 0.25) is 0 Å². The molecule has 4 rings (SSSR count). The molecule has 0 aromatic carbocycles. The van der Waals surface area contributed by atoms with Crippen molar-refractivity contribution in [3.8, 4) is 6.07 Å². The second-order valence-corrected chi connectivity index (χ2v) is 7.62. The molecule has 2 heteroatoms. The van der Waals surface area contributed by atoms with E-state index in [-0.39, 0.29) is 5.41 Å². The van der Waals surface area contributed by atoms with Crippen LogP contribution >= 0.6 is 0 Å². The lowest BCUT2D eigenvalue weighted by molar-refractivity contribution is 0.0420. The zero-order chi connectivity index (χ0) is 15.3. The molecule has 0 unspecified atom stereocenters. The number of nitrogens with zero attached hydrogens (tertiary/aromatic N) is 1. The summed E-state index contributed by atoms with van der Waals surface area (Å²) in [6.07, 6.45) is 16.1. The molecule has 1 N–H and O–H groups in total. The molecular weight excluding hydrogens is 270 g/mol. The first-order valence-electron chi connectivity index (χ1n) is 8.51. The van der Waals surface area contributed by atoms with Gasteiger partial charge in [-0.2, -0.15) is 5.26 Å². The summed E-state index contributed by atoms with van der Waals surface area (Å²) in [5, 5.41) is 18.8. The molecule has 0 spiro atoms. The fourth-order valence-electron chi connectivity index (χ4n) is 5.75. The van der Waals surface area contributed by atoms with Crippen LogP contribution in [0.3, 0.4) is 0 Å². The Labute approximate surface area is 132 Å². The Hall–Kier alpha value is -1.75. The van der Waals surface area contributed by atoms with Crippen LogP contribution in [-0.4, -0.2) is 5.11 Å².